The van der Waals surface area contributed by atoms with E-state index in [1.807, 2.05) is 0 Å². The van der Waals surface area contributed by atoms with Gasteiger partial charge in [-0.3, -0.25) is 14.9 Å². The number of sulfonamides is 1. The Bertz CT molecular complexity index is 796. The summed E-state index contributed by atoms with van der Waals surface area (Å²) in [5, 5.41) is 14.2. The number of rotatable bonds is 5. The molecule has 1 saturated heterocycles. The maximum absolute atomic E-state index is 12.9. The first-order valence-corrected chi connectivity index (χ1v) is 9.79. The molecule has 136 valence electrons. The molecule has 3 rings (SSSR count). The van der Waals surface area contributed by atoms with Gasteiger partial charge in [-0.2, -0.15) is 4.31 Å². The van der Waals surface area contributed by atoms with Gasteiger partial charge in [0.05, 0.1) is 4.92 Å². The van der Waals surface area contributed by atoms with Gasteiger partial charge in [-0.05, 0) is 38.2 Å². The lowest BCUT2D eigenvalue weighted by atomic mass is 10.1. The van der Waals surface area contributed by atoms with Gasteiger partial charge < -0.3 is 5.32 Å². The van der Waals surface area contributed by atoms with Gasteiger partial charge in [-0.15, -0.1) is 0 Å². The highest BCUT2D eigenvalue weighted by atomic mass is 32.2. The quantitative estimate of drug-likeness (QED) is 0.628. The summed E-state index contributed by atoms with van der Waals surface area (Å²) < 4.78 is 27.1. The fourth-order valence-electron chi connectivity index (χ4n) is 3.15. The Kier molecular flexibility index (Phi) is 4.79. The lowest BCUT2D eigenvalue weighted by Crippen LogP contribution is -2.47. The molecule has 1 heterocycles. The minimum absolute atomic E-state index is 0.0357. The predicted octanol–water partition coefficient (Wildman–Crippen LogP) is 1.58. The molecule has 0 aromatic heterocycles. The summed E-state index contributed by atoms with van der Waals surface area (Å²) >= 11 is 0. The molecule has 1 N–H and O–H groups in total. The molecule has 0 radical (unpaired) electrons. The van der Waals surface area contributed by atoms with Gasteiger partial charge in [-0.25, -0.2) is 8.42 Å². The van der Waals surface area contributed by atoms with Crippen molar-refractivity contribution in [2.45, 2.75) is 43.5 Å². The minimum Gasteiger partial charge on any atom is -0.353 e. The number of nitrogens with one attached hydrogen (secondary N) is 1. The Hall–Kier alpha value is -2.00. The van der Waals surface area contributed by atoms with Gasteiger partial charge in [-0.1, -0.05) is 12.1 Å². The van der Waals surface area contributed by atoms with Crippen LogP contribution in [0.5, 0.6) is 0 Å². The van der Waals surface area contributed by atoms with E-state index in [9.17, 15) is 23.3 Å². The summed E-state index contributed by atoms with van der Waals surface area (Å²) in [4.78, 5) is 22.1. The third kappa shape index (κ3) is 3.67. The number of amides is 1. The third-order valence-electron chi connectivity index (χ3n) is 4.73. The Morgan fingerprint density at radius 1 is 1.24 bits per heavy atom. The van der Waals surface area contributed by atoms with Crippen LogP contribution >= 0.6 is 0 Å². The average Bonchev–Trinajstić information content (AvgIpc) is 3.39. The van der Waals surface area contributed by atoms with Crippen LogP contribution in [0.1, 0.15) is 31.2 Å². The lowest BCUT2D eigenvalue weighted by Gasteiger charge is -2.31. The summed E-state index contributed by atoms with van der Waals surface area (Å²) in [5.74, 6) is 0.173. The highest BCUT2D eigenvalue weighted by Crippen LogP contribution is 2.32. The van der Waals surface area contributed by atoms with Crippen molar-refractivity contribution in [2.24, 2.45) is 5.92 Å². The summed E-state index contributed by atoms with van der Waals surface area (Å²) in [7, 11) is -3.95. The minimum atomic E-state index is -3.95. The zero-order valence-corrected chi connectivity index (χ0v) is 14.8. The van der Waals surface area contributed by atoms with E-state index in [1.54, 1.807) is 13.0 Å². The highest BCUT2D eigenvalue weighted by Gasteiger charge is 2.37. The molecule has 25 heavy (non-hydrogen) atoms. The molecule has 1 amide bonds. The highest BCUT2D eigenvalue weighted by molar-refractivity contribution is 7.89. The lowest BCUT2D eigenvalue weighted by molar-refractivity contribution is -0.387. The second kappa shape index (κ2) is 6.72. The smallest absolute Gasteiger partial charge is 0.289 e. The second-order valence-corrected chi connectivity index (χ2v) is 8.52. The van der Waals surface area contributed by atoms with Crippen LogP contribution in [-0.4, -0.2) is 42.7 Å². The maximum atomic E-state index is 12.9. The Morgan fingerprint density at radius 2 is 1.88 bits per heavy atom. The van der Waals surface area contributed by atoms with Crippen LogP contribution in [0, 0.1) is 23.0 Å². The van der Waals surface area contributed by atoms with E-state index < -0.39 is 20.6 Å². The van der Waals surface area contributed by atoms with E-state index in [4.69, 9.17) is 0 Å². The second-order valence-electron chi connectivity index (χ2n) is 6.64. The van der Waals surface area contributed by atoms with Crippen LogP contribution in [-0.2, 0) is 14.8 Å². The van der Waals surface area contributed by atoms with Crippen molar-refractivity contribution in [2.75, 3.05) is 13.1 Å². The van der Waals surface area contributed by atoms with Crippen molar-refractivity contribution in [3.8, 4) is 0 Å². The number of carbonyl (C=O) groups is 1. The SMILES string of the molecule is Cc1cccc([N+](=O)[O-])c1S(=O)(=O)N1CCC(NC(=O)C2CC2)CC1. The molecule has 9 heteroatoms. The molecule has 0 unspecified atom stereocenters. The van der Waals surface area contributed by atoms with Crippen molar-refractivity contribution in [1.29, 1.82) is 0 Å². The third-order valence-corrected chi connectivity index (χ3v) is 6.83. The van der Waals surface area contributed by atoms with Gasteiger partial charge in [0, 0.05) is 31.1 Å². The number of carbonyl (C=O) groups excluding carboxylic acids is 1. The first-order chi connectivity index (χ1) is 11.8. The normalized spacial score (nSPS) is 19.6. The molecular weight excluding hydrogens is 346 g/mol. The Labute approximate surface area is 146 Å². The van der Waals surface area contributed by atoms with E-state index in [0.29, 0.717) is 18.4 Å². The molecule has 0 spiro atoms. The molecule has 1 saturated carbocycles. The van der Waals surface area contributed by atoms with E-state index in [-0.39, 0.29) is 35.9 Å². The van der Waals surface area contributed by atoms with Gasteiger partial charge in [0.25, 0.3) is 5.69 Å². The van der Waals surface area contributed by atoms with Crippen molar-refractivity contribution < 1.29 is 18.1 Å². The summed E-state index contributed by atoms with van der Waals surface area (Å²) in [5.41, 5.74) is -0.0393. The van der Waals surface area contributed by atoms with Gasteiger partial charge in [0.2, 0.25) is 15.9 Å². The molecule has 1 aromatic rings. The van der Waals surface area contributed by atoms with Crippen LogP contribution in [0.4, 0.5) is 5.69 Å². The zero-order valence-electron chi connectivity index (χ0n) is 14.0. The zero-order chi connectivity index (χ0) is 18.2. The molecule has 1 aromatic carbocycles. The average molecular weight is 367 g/mol. The number of hydrogen-bond acceptors (Lipinski definition) is 5. The number of nitrogens with zero attached hydrogens (tertiary/aromatic N) is 2. The monoisotopic (exact) mass is 367 g/mol. The predicted molar refractivity (Wildman–Crippen MR) is 90.5 cm³/mol. The van der Waals surface area contributed by atoms with Gasteiger partial charge in [0.1, 0.15) is 0 Å². The standard InChI is InChI=1S/C16H21N3O5S/c1-11-3-2-4-14(19(21)22)15(11)25(23,24)18-9-7-13(8-10-18)17-16(20)12-5-6-12/h2-4,12-13H,5-10H2,1H3,(H,17,20). The summed E-state index contributed by atoms with van der Waals surface area (Å²) in [6.45, 7) is 2.04. The number of piperidine rings is 1. The van der Waals surface area contributed by atoms with Crippen molar-refractivity contribution in [1.82, 2.24) is 9.62 Å². The largest absolute Gasteiger partial charge is 0.353 e. The number of hydrogen-bond donors (Lipinski definition) is 1. The number of aryl methyl sites for hydroxylation is 1. The van der Waals surface area contributed by atoms with Crippen LogP contribution in [0.3, 0.4) is 0 Å². The van der Waals surface area contributed by atoms with E-state index in [2.05, 4.69) is 5.32 Å². The molecule has 1 aliphatic carbocycles. The van der Waals surface area contributed by atoms with Crippen molar-refractivity contribution in [3.63, 3.8) is 0 Å². The number of benzene rings is 1. The van der Waals surface area contributed by atoms with Crippen LogP contribution in [0.25, 0.3) is 0 Å². The number of nitro groups is 1. The fourth-order valence-corrected chi connectivity index (χ4v) is 4.98. The van der Waals surface area contributed by atoms with Gasteiger partial charge >= 0.3 is 0 Å². The van der Waals surface area contributed by atoms with E-state index >= 15 is 0 Å². The molecule has 2 aliphatic rings. The molecule has 0 bridgehead atoms. The maximum Gasteiger partial charge on any atom is 0.289 e. The summed E-state index contributed by atoms with van der Waals surface area (Å²) in [6.07, 6.45) is 2.88. The van der Waals surface area contributed by atoms with E-state index in [0.717, 1.165) is 12.8 Å². The first-order valence-electron chi connectivity index (χ1n) is 8.35. The van der Waals surface area contributed by atoms with E-state index in [1.165, 1.54) is 16.4 Å². The van der Waals surface area contributed by atoms with Crippen LogP contribution in [0.15, 0.2) is 23.1 Å². The van der Waals surface area contributed by atoms with Crippen LogP contribution in [0.2, 0.25) is 0 Å². The molecule has 1 aliphatic heterocycles. The first kappa shape index (κ1) is 17.8. The molecule has 8 nitrogen and oxygen atoms in total. The topological polar surface area (TPSA) is 110 Å². The molecular formula is C16H21N3O5S. The summed E-state index contributed by atoms with van der Waals surface area (Å²) in [6, 6.07) is 4.21. The molecule has 0 atom stereocenters. The van der Waals surface area contributed by atoms with Gasteiger partial charge in [0.15, 0.2) is 4.90 Å². The number of nitro benzene ring substituents is 1. The van der Waals surface area contributed by atoms with Crippen molar-refractivity contribution in [3.05, 3.63) is 33.9 Å². The Morgan fingerprint density at radius 3 is 2.44 bits per heavy atom. The molecule has 2 fully saturated rings. The Balaban J connectivity index is 1.74. The van der Waals surface area contributed by atoms with Crippen LogP contribution < -0.4 is 5.32 Å². The fraction of sp³-hybridized carbons (Fsp3) is 0.562. The van der Waals surface area contributed by atoms with Crippen molar-refractivity contribution >= 4 is 21.6 Å².